The Balaban J connectivity index is 1.07. The fourth-order valence-electron chi connectivity index (χ4n) is 10.8. The number of ether oxygens (including phenoxy) is 11. The molecule has 23 N–H and O–H groups in total. The summed E-state index contributed by atoms with van der Waals surface area (Å²) in [5, 5.41) is 239. The van der Waals surface area contributed by atoms with Crippen LogP contribution in [-0.4, -0.2) is 214 Å². The maximum atomic E-state index is 15.3. The van der Waals surface area contributed by atoms with E-state index < -0.39 is 314 Å². The number of hydrogen-bond donors (Lipinski definition) is 23. The zero-order chi connectivity index (χ0) is 87.6. The Hall–Kier alpha value is -17.7. The summed E-state index contributed by atoms with van der Waals surface area (Å²) >= 11 is 0. The van der Waals surface area contributed by atoms with E-state index in [0.29, 0.717) is 109 Å². The maximum absolute atomic E-state index is 15.3. The van der Waals surface area contributed by atoms with E-state index in [1.165, 1.54) is 0 Å². The van der Waals surface area contributed by atoms with E-state index in [-0.39, 0.29) is 0 Å². The molecule has 1 heterocycles. The topological polar surface area (TPSA) is 738 Å². The summed E-state index contributed by atoms with van der Waals surface area (Å²) in [6, 6.07) is 12.2. The molecule has 1 aliphatic heterocycles. The summed E-state index contributed by atoms with van der Waals surface area (Å²) in [7, 11) is 0. The van der Waals surface area contributed by atoms with Crippen LogP contribution in [-0.2, 0) is 28.4 Å². The van der Waals surface area contributed by atoms with Crippen LogP contribution in [0.4, 0.5) is 0 Å². The normalized spacial score (nSPS) is 14.7. The number of carbonyl (C=O) groups excluding carboxylic acids is 10. The second-order valence-corrected chi connectivity index (χ2v) is 24.8. The first kappa shape index (κ1) is 83.2. The lowest BCUT2D eigenvalue weighted by atomic mass is 9.97. The average molecular weight is 1670 g/mol. The van der Waals surface area contributed by atoms with Gasteiger partial charge in [0.05, 0.1) is 55.6 Å². The highest BCUT2D eigenvalue weighted by Gasteiger charge is 2.55. The Morgan fingerprint density at radius 2 is 0.467 bits per heavy atom. The van der Waals surface area contributed by atoms with E-state index in [2.05, 4.69) is 0 Å². The van der Waals surface area contributed by atoms with Crippen molar-refractivity contribution in [3.8, 4) is 161 Å². The monoisotopic (exact) mass is 1670 g/mol. The third-order valence-electron chi connectivity index (χ3n) is 16.7. The highest BCUT2D eigenvalue weighted by atomic mass is 16.8. The molecule has 0 amide bonds. The van der Waals surface area contributed by atoms with E-state index in [9.17, 15) is 151 Å². The molecule has 0 aliphatic carbocycles. The molecular formula is C76H52O44. The minimum absolute atomic E-state index is 0.334. The Kier molecular flexibility index (Phi) is 23.0. The number of benzene rings is 10. The Bertz CT molecular complexity index is 5850. The smallest absolute Gasteiger partial charge is 0.343 e. The van der Waals surface area contributed by atoms with Crippen molar-refractivity contribution < 1.29 is 218 Å². The first-order valence-electron chi connectivity index (χ1n) is 32.9. The third kappa shape index (κ3) is 17.5. The van der Waals surface area contributed by atoms with Crippen LogP contribution in [0, 0.1) is 0 Å². The highest BCUT2D eigenvalue weighted by molar-refractivity contribution is 6.00. The molecule has 10 aromatic rings. The van der Waals surface area contributed by atoms with Gasteiger partial charge in [-0.05, 0) is 127 Å². The Morgan fingerprint density at radius 1 is 0.233 bits per heavy atom. The van der Waals surface area contributed by atoms with Gasteiger partial charge in [0.2, 0.25) is 35.4 Å². The first-order valence-corrected chi connectivity index (χ1v) is 32.9. The Morgan fingerprint density at radius 3 is 0.758 bits per heavy atom. The molecule has 11 rings (SSSR count). The van der Waals surface area contributed by atoms with Crippen LogP contribution in [0.5, 0.6) is 161 Å². The minimum atomic E-state index is -3.02. The summed E-state index contributed by atoms with van der Waals surface area (Å²) in [5.41, 5.74) is -9.02. The zero-order valence-corrected chi connectivity index (χ0v) is 59.2. The molecule has 44 nitrogen and oxygen atoms in total. The SMILES string of the molecule is O=C(OCC1OC(OC(=O)c2cccc(OC(=O)c3cc(O)c(O)c(O)c3)c2)C(OC(=O)c2cc(O)c(O)c(OC(=O)c3cc(O)c(O)c(O)c3)c2)C(OC(=O)c2cc(O)c(O)c(OC(=O)c3cc(O)c(O)c(O)c3)c2)C1OC(=O)c1cc(O)c(O)c(OC(=O)c2cc(O)c(O)c(O)c2)c1)c1cc(O)c(O)c(OC(=O)c2cc(O)c(O)c(O)c2)c1. The van der Waals surface area contributed by atoms with Gasteiger partial charge in [-0.15, -0.1) is 0 Å². The van der Waals surface area contributed by atoms with Crippen molar-refractivity contribution in [2.24, 2.45) is 0 Å². The van der Waals surface area contributed by atoms with Crippen molar-refractivity contribution in [1.82, 2.24) is 0 Å². The van der Waals surface area contributed by atoms with E-state index >= 15 is 14.4 Å². The van der Waals surface area contributed by atoms with Crippen molar-refractivity contribution in [1.29, 1.82) is 0 Å². The predicted molar refractivity (Wildman–Crippen MR) is 379 cm³/mol. The fraction of sp³-hybridized carbons (Fsp3) is 0.0789. The molecule has 620 valence electrons. The van der Waals surface area contributed by atoms with Crippen LogP contribution in [0.1, 0.15) is 104 Å². The van der Waals surface area contributed by atoms with Gasteiger partial charge in [-0.25, -0.2) is 47.9 Å². The molecule has 0 saturated carbocycles. The molecule has 0 aromatic heterocycles. The molecule has 10 aromatic carbocycles. The van der Waals surface area contributed by atoms with E-state index in [1.807, 2.05) is 0 Å². The molecule has 5 unspecified atom stereocenters. The lowest BCUT2D eigenvalue weighted by Crippen LogP contribution is -2.63. The second-order valence-electron chi connectivity index (χ2n) is 24.8. The lowest BCUT2D eigenvalue weighted by molar-refractivity contribution is -0.282. The summed E-state index contributed by atoms with van der Waals surface area (Å²) < 4.78 is 61.0. The number of phenolic OH excluding ortho intramolecular Hbond substituents is 23. The predicted octanol–water partition coefficient (Wildman–Crippen LogP) is 5.43. The minimum Gasteiger partial charge on any atom is -0.504 e. The van der Waals surface area contributed by atoms with Crippen LogP contribution in [0.25, 0.3) is 0 Å². The molecular weight excluding hydrogens is 1620 g/mol. The van der Waals surface area contributed by atoms with E-state index in [0.717, 1.165) is 24.3 Å². The van der Waals surface area contributed by atoms with Crippen LogP contribution >= 0.6 is 0 Å². The summed E-state index contributed by atoms with van der Waals surface area (Å²) in [6.07, 6.45) is -14.5. The van der Waals surface area contributed by atoms with Crippen molar-refractivity contribution in [2.75, 3.05) is 6.61 Å². The van der Waals surface area contributed by atoms with Gasteiger partial charge in [-0.3, -0.25) is 0 Å². The highest BCUT2D eigenvalue weighted by Crippen LogP contribution is 2.47. The van der Waals surface area contributed by atoms with Crippen molar-refractivity contribution in [2.45, 2.75) is 30.7 Å². The molecule has 0 bridgehead atoms. The Labute approximate surface area is 662 Å². The van der Waals surface area contributed by atoms with Gasteiger partial charge in [0.25, 0.3) is 0 Å². The number of esters is 10. The summed E-state index contributed by atoms with van der Waals surface area (Å²) in [4.78, 5) is 142. The van der Waals surface area contributed by atoms with Crippen LogP contribution in [0.2, 0.25) is 0 Å². The van der Waals surface area contributed by atoms with Crippen LogP contribution in [0.15, 0.2) is 133 Å². The van der Waals surface area contributed by atoms with Gasteiger partial charge in [0.15, 0.2) is 144 Å². The largest absolute Gasteiger partial charge is 0.504 e. The molecule has 120 heavy (non-hydrogen) atoms. The zero-order valence-electron chi connectivity index (χ0n) is 59.2. The number of phenols is 23. The van der Waals surface area contributed by atoms with Crippen molar-refractivity contribution >= 4 is 59.7 Å². The van der Waals surface area contributed by atoms with Gasteiger partial charge >= 0.3 is 59.7 Å². The molecule has 5 atom stereocenters. The van der Waals surface area contributed by atoms with Crippen molar-refractivity contribution in [3.63, 3.8) is 0 Å². The fourth-order valence-corrected chi connectivity index (χ4v) is 10.8. The second kappa shape index (κ2) is 33.1. The van der Waals surface area contributed by atoms with E-state index in [1.54, 1.807) is 0 Å². The number of aromatic hydroxyl groups is 23. The van der Waals surface area contributed by atoms with Crippen molar-refractivity contribution in [3.05, 3.63) is 189 Å². The van der Waals surface area contributed by atoms with Gasteiger partial charge in [0, 0.05) is 0 Å². The van der Waals surface area contributed by atoms with Gasteiger partial charge in [-0.2, -0.15) is 0 Å². The summed E-state index contributed by atoms with van der Waals surface area (Å²) in [5.74, 6) is -50.7. The van der Waals surface area contributed by atoms with Crippen LogP contribution in [0.3, 0.4) is 0 Å². The number of rotatable bonds is 21. The molecule has 1 saturated heterocycles. The quantitative estimate of drug-likeness (QED) is 0.0185. The maximum Gasteiger partial charge on any atom is 0.343 e. The summed E-state index contributed by atoms with van der Waals surface area (Å²) in [6.45, 7) is -1.63. The number of hydrogen-bond acceptors (Lipinski definition) is 44. The molecule has 44 heteroatoms. The third-order valence-corrected chi connectivity index (χ3v) is 16.7. The van der Waals surface area contributed by atoms with Gasteiger partial charge < -0.3 is 170 Å². The van der Waals surface area contributed by atoms with Gasteiger partial charge in [0.1, 0.15) is 18.5 Å². The average Bonchev–Trinajstić information content (AvgIpc) is 0.764. The van der Waals surface area contributed by atoms with Crippen LogP contribution < -0.4 is 23.7 Å². The van der Waals surface area contributed by atoms with Gasteiger partial charge in [-0.1, -0.05) is 6.07 Å². The first-order chi connectivity index (χ1) is 56.5. The standard InChI is InChI=1S/C76H52O44/c77-35-5-25(6-36(78)54(35)91)68(102)111-34-3-1-2-24(4-34)67(101)120-76-65(119-75(109)33-18-48(90)62(99)52(22-33)115-72(106)29-13-43(85)58(95)44(86)14-29)64(118-74(108)32-17-47(89)61(98)51(21-32)114-71(105)28-11-41(83)57(94)42(84)12-28)63(117-73(107)31-16-46(88)60(97)50(20-31)113-70(104)27-9-39(81)56(93)40(82)10-27)53(116-76)23-110-66(100)30-15-45(87)59(96)49(19-30)112-69(103)26-7-37(79)55(92)38(80)8-26/h1-22,53,63-65,76-99H,23H2. The number of carbonyl (C=O) groups is 10. The van der Waals surface area contributed by atoms with E-state index in [4.69, 9.17) is 52.1 Å². The molecule has 1 aliphatic rings. The lowest BCUT2D eigenvalue weighted by Gasteiger charge is -2.43. The molecule has 0 radical (unpaired) electrons. The molecule has 1 fully saturated rings. The molecule has 0 spiro atoms.